The van der Waals surface area contributed by atoms with Gasteiger partial charge in [0.25, 0.3) is 0 Å². The maximum atomic E-state index is 12.3. The molecular weight excluding hydrogens is 264 g/mol. The van der Waals surface area contributed by atoms with Gasteiger partial charge in [0.15, 0.2) is 0 Å². The summed E-state index contributed by atoms with van der Waals surface area (Å²) < 4.78 is 29.0. The largest absolute Gasteiger partial charge is 0.435 e. The van der Waals surface area contributed by atoms with E-state index in [4.69, 9.17) is 0 Å². The number of ether oxygens (including phenoxy) is 1. The van der Waals surface area contributed by atoms with Crippen molar-refractivity contribution in [2.75, 3.05) is 31.6 Å². The third-order valence-electron chi connectivity index (χ3n) is 4.27. The van der Waals surface area contributed by atoms with Gasteiger partial charge in [-0.3, -0.25) is 0 Å². The van der Waals surface area contributed by atoms with E-state index in [-0.39, 0.29) is 5.75 Å². The Labute approximate surface area is 117 Å². The topological polar surface area (TPSA) is 28.6 Å². The molecule has 2 atom stereocenters. The van der Waals surface area contributed by atoms with Gasteiger partial charge in [0.2, 0.25) is 0 Å². The van der Waals surface area contributed by atoms with Crippen molar-refractivity contribution in [1.82, 2.24) is 9.88 Å². The van der Waals surface area contributed by atoms with Crippen LogP contribution in [-0.2, 0) is 0 Å². The molecule has 0 spiro atoms. The summed E-state index contributed by atoms with van der Waals surface area (Å²) in [5.41, 5.74) is 0. The monoisotopic (exact) mass is 283 g/mol. The number of aromatic nitrogens is 1. The van der Waals surface area contributed by atoms with E-state index in [1.165, 1.54) is 12.3 Å². The van der Waals surface area contributed by atoms with E-state index < -0.39 is 6.61 Å². The second kappa shape index (κ2) is 5.52. The summed E-state index contributed by atoms with van der Waals surface area (Å²) in [5.74, 6) is 1.58. The zero-order valence-corrected chi connectivity index (χ0v) is 11.5. The van der Waals surface area contributed by atoms with E-state index in [1.54, 1.807) is 6.07 Å². The second-order valence-electron chi connectivity index (χ2n) is 5.59. The summed E-state index contributed by atoms with van der Waals surface area (Å²) in [4.78, 5) is 8.93. The highest BCUT2D eigenvalue weighted by atomic mass is 19.3. The smallest absolute Gasteiger partial charge is 0.387 e. The Hall–Kier alpha value is -1.43. The van der Waals surface area contributed by atoms with E-state index in [9.17, 15) is 8.78 Å². The molecule has 2 aliphatic rings. The quantitative estimate of drug-likeness (QED) is 0.850. The van der Waals surface area contributed by atoms with Crippen LogP contribution >= 0.6 is 0 Å². The van der Waals surface area contributed by atoms with Gasteiger partial charge in [0.05, 0.1) is 0 Å². The van der Waals surface area contributed by atoms with Gasteiger partial charge in [-0.2, -0.15) is 8.78 Å². The number of pyridine rings is 1. The van der Waals surface area contributed by atoms with Crippen molar-refractivity contribution in [1.29, 1.82) is 0 Å². The molecule has 2 aliphatic heterocycles. The molecule has 0 N–H and O–H groups in total. The van der Waals surface area contributed by atoms with Gasteiger partial charge >= 0.3 is 6.61 Å². The number of likely N-dealkylation sites (tertiary alicyclic amines) is 1. The molecule has 3 heterocycles. The lowest BCUT2D eigenvalue weighted by Crippen LogP contribution is -2.44. The average molecular weight is 283 g/mol. The van der Waals surface area contributed by atoms with Crippen LogP contribution in [0.2, 0.25) is 0 Å². The number of alkyl halides is 2. The van der Waals surface area contributed by atoms with Crippen molar-refractivity contribution in [3.05, 3.63) is 18.3 Å². The van der Waals surface area contributed by atoms with Crippen molar-refractivity contribution in [3.63, 3.8) is 0 Å². The standard InChI is InChI=1S/C14H19F2N3O/c1-18-6-4-12-10(9-18)3-7-19(12)13-8-11(2-5-17-13)20-14(15)16/h2,5,8,10,12,14H,3-4,6-7,9H2,1H3/t10-,12?/m1/s1. The number of fused-ring (bicyclic) bond motifs is 1. The maximum absolute atomic E-state index is 12.3. The molecule has 0 bridgehead atoms. The summed E-state index contributed by atoms with van der Waals surface area (Å²) in [6.07, 6.45) is 3.77. The Balaban J connectivity index is 1.76. The van der Waals surface area contributed by atoms with Crippen LogP contribution in [0.15, 0.2) is 18.3 Å². The van der Waals surface area contributed by atoms with Crippen LogP contribution in [0.3, 0.4) is 0 Å². The molecule has 0 aromatic carbocycles. The normalized spacial score (nSPS) is 26.9. The van der Waals surface area contributed by atoms with Crippen LogP contribution in [0.1, 0.15) is 12.8 Å². The molecule has 6 heteroatoms. The fourth-order valence-electron chi connectivity index (χ4n) is 3.38. The number of hydrogen-bond donors (Lipinski definition) is 0. The first-order valence-electron chi connectivity index (χ1n) is 6.99. The summed E-state index contributed by atoms with van der Waals surface area (Å²) in [6.45, 7) is 0.327. The van der Waals surface area contributed by atoms with Crippen molar-refractivity contribution in [3.8, 4) is 5.75 Å². The number of hydrogen-bond acceptors (Lipinski definition) is 4. The SMILES string of the molecule is CN1CCC2[C@H](CCN2c2cc(OC(F)F)ccn2)C1. The van der Waals surface area contributed by atoms with Gasteiger partial charge in [-0.15, -0.1) is 0 Å². The molecular formula is C14H19F2N3O. The average Bonchev–Trinajstić information content (AvgIpc) is 2.81. The van der Waals surface area contributed by atoms with Crippen LogP contribution < -0.4 is 9.64 Å². The molecule has 20 heavy (non-hydrogen) atoms. The Morgan fingerprint density at radius 2 is 2.20 bits per heavy atom. The molecule has 4 nitrogen and oxygen atoms in total. The summed E-state index contributed by atoms with van der Waals surface area (Å²) in [5, 5.41) is 0. The van der Waals surface area contributed by atoms with Crippen molar-refractivity contribution < 1.29 is 13.5 Å². The molecule has 0 radical (unpaired) electrons. The lowest BCUT2D eigenvalue weighted by Gasteiger charge is -2.36. The zero-order valence-electron chi connectivity index (χ0n) is 11.5. The van der Waals surface area contributed by atoms with Crippen LogP contribution in [0.5, 0.6) is 5.75 Å². The van der Waals surface area contributed by atoms with Crippen LogP contribution in [0, 0.1) is 5.92 Å². The van der Waals surface area contributed by atoms with Crippen molar-refractivity contribution in [2.45, 2.75) is 25.5 Å². The molecule has 0 saturated carbocycles. The van der Waals surface area contributed by atoms with Crippen LogP contribution in [0.4, 0.5) is 14.6 Å². The van der Waals surface area contributed by atoms with Gasteiger partial charge < -0.3 is 14.5 Å². The lowest BCUT2D eigenvalue weighted by atomic mass is 9.93. The van der Waals surface area contributed by atoms with E-state index in [2.05, 4.69) is 26.6 Å². The van der Waals surface area contributed by atoms with Gasteiger partial charge in [-0.05, 0) is 38.4 Å². The molecule has 1 aromatic heterocycles. The predicted molar refractivity (Wildman–Crippen MR) is 72.2 cm³/mol. The molecule has 0 amide bonds. The number of halogens is 2. The Morgan fingerprint density at radius 1 is 1.35 bits per heavy atom. The molecule has 2 fully saturated rings. The molecule has 110 valence electrons. The second-order valence-corrected chi connectivity index (χ2v) is 5.59. The Bertz CT molecular complexity index is 471. The molecule has 1 unspecified atom stereocenters. The molecule has 0 aliphatic carbocycles. The van der Waals surface area contributed by atoms with Gasteiger partial charge in [-0.1, -0.05) is 0 Å². The fourth-order valence-corrected chi connectivity index (χ4v) is 3.38. The minimum Gasteiger partial charge on any atom is -0.435 e. The van der Waals surface area contributed by atoms with Crippen LogP contribution in [-0.4, -0.2) is 49.2 Å². The summed E-state index contributed by atoms with van der Waals surface area (Å²) in [6, 6.07) is 3.56. The van der Waals surface area contributed by atoms with E-state index >= 15 is 0 Å². The highest BCUT2D eigenvalue weighted by Gasteiger charge is 2.37. The molecule has 3 rings (SSSR count). The van der Waals surface area contributed by atoms with Crippen molar-refractivity contribution >= 4 is 5.82 Å². The third-order valence-corrected chi connectivity index (χ3v) is 4.27. The fraction of sp³-hybridized carbons (Fsp3) is 0.643. The number of nitrogens with zero attached hydrogens (tertiary/aromatic N) is 3. The number of anilines is 1. The van der Waals surface area contributed by atoms with Gasteiger partial charge in [0, 0.05) is 31.4 Å². The maximum Gasteiger partial charge on any atom is 0.387 e. The van der Waals surface area contributed by atoms with Gasteiger partial charge in [-0.25, -0.2) is 4.98 Å². The Kier molecular flexibility index (Phi) is 3.74. The first-order chi connectivity index (χ1) is 9.63. The first kappa shape index (κ1) is 13.5. The van der Waals surface area contributed by atoms with Crippen molar-refractivity contribution in [2.24, 2.45) is 5.92 Å². The van der Waals surface area contributed by atoms with Crippen LogP contribution in [0.25, 0.3) is 0 Å². The minimum absolute atomic E-state index is 0.182. The third kappa shape index (κ3) is 2.70. The Morgan fingerprint density at radius 3 is 3.00 bits per heavy atom. The summed E-state index contributed by atoms with van der Waals surface area (Å²) in [7, 11) is 2.15. The van der Waals surface area contributed by atoms with Gasteiger partial charge in [0.1, 0.15) is 11.6 Å². The van der Waals surface area contributed by atoms with E-state index in [0.29, 0.717) is 12.0 Å². The molecule has 2 saturated heterocycles. The summed E-state index contributed by atoms with van der Waals surface area (Å²) >= 11 is 0. The molecule has 1 aromatic rings. The predicted octanol–water partition coefficient (Wildman–Crippen LogP) is 2.21. The lowest BCUT2D eigenvalue weighted by molar-refractivity contribution is -0.0498. The zero-order chi connectivity index (χ0) is 14.1. The first-order valence-corrected chi connectivity index (χ1v) is 6.99. The number of rotatable bonds is 3. The van der Waals surface area contributed by atoms with E-state index in [0.717, 1.165) is 38.3 Å². The number of piperidine rings is 1. The minimum atomic E-state index is -2.79. The van der Waals surface area contributed by atoms with E-state index in [1.807, 2.05) is 0 Å². The highest BCUT2D eigenvalue weighted by molar-refractivity contribution is 5.46. The highest BCUT2D eigenvalue weighted by Crippen LogP contribution is 2.34.